The van der Waals surface area contributed by atoms with Crippen LogP contribution >= 0.6 is 0 Å². The molecule has 0 radical (unpaired) electrons. The number of aryl methyl sites for hydroxylation is 1. The molecule has 5 nitrogen and oxygen atoms in total. The normalized spacial score (nSPS) is 16.4. The van der Waals surface area contributed by atoms with E-state index < -0.39 is 0 Å². The first kappa shape index (κ1) is 16.2. The van der Waals surface area contributed by atoms with E-state index in [4.69, 9.17) is 0 Å². The summed E-state index contributed by atoms with van der Waals surface area (Å²) >= 11 is 0. The molecule has 1 saturated heterocycles. The molecule has 0 saturated carbocycles. The summed E-state index contributed by atoms with van der Waals surface area (Å²) in [6.07, 6.45) is 0. The third-order valence-corrected chi connectivity index (χ3v) is 5.42. The highest BCUT2D eigenvalue weighted by molar-refractivity contribution is 6.10. The molecule has 3 heterocycles. The van der Waals surface area contributed by atoms with Crippen LogP contribution in [0.3, 0.4) is 0 Å². The van der Waals surface area contributed by atoms with Crippen molar-refractivity contribution in [1.82, 2.24) is 18.9 Å². The zero-order valence-electron chi connectivity index (χ0n) is 15.5. The van der Waals surface area contributed by atoms with E-state index in [0.717, 1.165) is 37.4 Å². The number of carbonyl (C=O) groups is 1. The lowest BCUT2D eigenvalue weighted by molar-refractivity contribution is 0.0652. The number of piperazine rings is 1. The summed E-state index contributed by atoms with van der Waals surface area (Å²) in [6.45, 7) is 7.79. The van der Waals surface area contributed by atoms with E-state index >= 15 is 0 Å². The lowest BCUT2D eigenvalue weighted by Crippen LogP contribution is -2.47. The first-order valence-electron chi connectivity index (χ1n) is 9.05. The molecule has 4 rings (SSSR count). The largest absolute Gasteiger partial charge is 0.342 e. The molecule has 1 aromatic carbocycles. The Kier molecular flexibility index (Phi) is 3.84. The van der Waals surface area contributed by atoms with E-state index in [0.29, 0.717) is 0 Å². The Morgan fingerprint density at radius 3 is 2.36 bits per heavy atom. The molecule has 0 aliphatic carbocycles. The second-order valence-corrected chi connectivity index (χ2v) is 7.40. The molecule has 25 heavy (non-hydrogen) atoms. The predicted molar refractivity (Wildman–Crippen MR) is 102 cm³/mol. The molecule has 0 N–H and O–H groups in total. The van der Waals surface area contributed by atoms with Gasteiger partial charge in [-0.3, -0.25) is 4.79 Å². The summed E-state index contributed by atoms with van der Waals surface area (Å²) < 4.78 is 4.42. The van der Waals surface area contributed by atoms with Crippen molar-refractivity contribution in [1.29, 1.82) is 0 Å². The summed E-state index contributed by atoms with van der Waals surface area (Å²) in [7, 11) is 4.19. The van der Waals surface area contributed by atoms with Crippen LogP contribution in [-0.4, -0.2) is 58.1 Å². The maximum Gasteiger partial charge on any atom is 0.270 e. The summed E-state index contributed by atoms with van der Waals surface area (Å²) in [5.74, 6) is 0.155. The van der Waals surface area contributed by atoms with E-state index in [-0.39, 0.29) is 11.9 Å². The minimum Gasteiger partial charge on any atom is -0.342 e. The number of carbonyl (C=O) groups excluding carboxylic acids is 1. The molecular weight excluding hydrogens is 312 g/mol. The molecule has 0 spiro atoms. The summed E-state index contributed by atoms with van der Waals surface area (Å²) in [6, 6.07) is 10.7. The van der Waals surface area contributed by atoms with Gasteiger partial charge >= 0.3 is 0 Å². The van der Waals surface area contributed by atoms with E-state index in [1.807, 2.05) is 4.90 Å². The van der Waals surface area contributed by atoms with E-state index in [2.05, 4.69) is 72.3 Å². The third kappa shape index (κ3) is 2.45. The van der Waals surface area contributed by atoms with Crippen molar-refractivity contribution in [3.05, 3.63) is 36.0 Å². The number of amides is 1. The number of hydrogen-bond donors (Lipinski definition) is 0. The Morgan fingerprint density at radius 1 is 1.00 bits per heavy atom. The highest BCUT2D eigenvalue weighted by Gasteiger charge is 2.27. The van der Waals surface area contributed by atoms with Crippen LogP contribution in [0.2, 0.25) is 0 Å². The number of benzene rings is 1. The Hall–Kier alpha value is -2.27. The average molecular weight is 338 g/mol. The van der Waals surface area contributed by atoms with Crippen molar-refractivity contribution < 1.29 is 4.79 Å². The maximum absolute atomic E-state index is 13.2. The minimum atomic E-state index is 0.155. The Labute approximate surface area is 148 Å². The quantitative estimate of drug-likeness (QED) is 0.719. The van der Waals surface area contributed by atoms with Crippen molar-refractivity contribution in [3.8, 4) is 0 Å². The number of rotatable bonds is 2. The van der Waals surface area contributed by atoms with Crippen LogP contribution in [0, 0.1) is 0 Å². The van der Waals surface area contributed by atoms with Gasteiger partial charge in [-0.15, -0.1) is 0 Å². The molecule has 1 aliphatic heterocycles. The van der Waals surface area contributed by atoms with Gasteiger partial charge in [-0.2, -0.15) is 0 Å². The van der Waals surface area contributed by atoms with Gasteiger partial charge < -0.3 is 18.9 Å². The fourth-order valence-corrected chi connectivity index (χ4v) is 4.00. The van der Waals surface area contributed by atoms with Gasteiger partial charge in [-0.25, -0.2) is 0 Å². The van der Waals surface area contributed by atoms with Crippen molar-refractivity contribution in [3.63, 3.8) is 0 Å². The zero-order valence-corrected chi connectivity index (χ0v) is 15.5. The Morgan fingerprint density at radius 2 is 1.68 bits per heavy atom. The lowest BCUT2D eigenvalue weighted by Gasteiger charge is -2.32. The highest BCUT2D eigenvalue weighted by Crippen LogP contribution is 2.33. The molecule has 2 aromatic heterocycles. The molecule has 0 bridgehead atoms. The van der Waals surface area contributed by atoms with Crippen molar-refractivity contribution >= 4 is 27.8 Å². The van der Waals surface area contributed by atoms with Gasteiger partial charge in [0.1, 0.15) is 5.69 Å². The molecule has 5 heteroatoms. The van der Waals surface area contributed by atoms with Crippen LogP contribution in [0.1, 0.15) is 30.4 Å². The first-order valence-corrected chi connectivity index (χ1v) is 9.05. The van der Waals surface area contributed by atoms with Gasteiger partial charge in [0.25, 0.3) is 5.91 Å². The fourth-order valence-electron chi connectivity index (χ4n) is 4.00. The van der Waals surface area contributed by atoms with Crippen molar-refractivity contribution in [2.75, 3.05) is 33.2 Å². The van der Waals surface area contributed by atoms with Gasteiger partial charge in [-0.1, -0.05) is 18.2 Å². The summed E-state index contributed by atoms with van der Waals surface area (Å²) in [4.78, 5) is 17.5. The lowest BCUT2D eigenvalue weighted by atomic mass is 10.2. The molecule has 1 aliphatic rings. The second-order valence-electron chi connectivity index (χ2n) is 7.40. The Bertz CT molecular complexity index is 942. The number of fused-ring (bicyclic) bond motifs is 3. The maximum atomic E-state index is 13.2. The molecule has 1 fully saturated rings. The number of aromatic nitrogens is 2. The van der Waals surface area contributed by atoms with Gasteiger partial charge in [0.05, 0.1) is 16.6 Å². The first-order chi connectivity index (χ1) is 12.0. The molecule has 132 valence electrons. The van der Waals surface area contributed by atoms with E-state index in [9.17, 15) is 4.79 Å². The zero-order chi connectivity index (χ0) is 17.7. The van der Waals surface area contributed by atoms with Gasteiger partial charge in [0.15, 0.2) is 0 Å². The predicted octanol–water partition coefficient (Wildman–Crippen LogP) is 3.10. The highest BCUT2D eigenvalue weighted by atomic mass is 16.2. The minimum absolute atomic E-state index is 0.155. The van der Waals surface area contributed by atoms with Crippen LogP contribution in [0.4, 0.5) is 0 Å². The van der Waals surface area contributed by atoms with Crippen LogP contribution in [0.15, 0.2) is 30.3 Å². The SMILES string of the molecule is CC(C)n1c(C(=O)N2CCN(C)CC2)cc2c1c1ccccc1n2C. The molecule has 3 aromatic rings. The van der Waals surface area contributed by atoms with E-state index in [1.165, 1.54) is 16.4 Å². The van der Waals surface area contributed by atoms with Crippen molar-refractivity contribution in [2.45, 2.75) is 19.9 Å². The van der Waals surface area contributed by atoms with Crippen molar-refractivity contribution in [2.24, 2.45) is 7.05 Å². The monoisotopic (exact) mass is 338 g/mol. The van der Waals surface area contributed by atoms with Crippen LogP contribution in [-0.2, 0) is 7.05 Å². The smallest absolute Gasteiger partial charge is 0.270 e. The molecule has 0 unspecified atom stereocenters. The van der Waals surface area contributed by atoms with Gasteiger partial charge in [-0.05, 0) is 33.0 Å². The number of nitrogens with zero attached hydrogens (tertiary/aromatic N) is 4. The van der Waals surface area contributed by atoms with Gasteiger partial charge in [0.2, 0.25) is 0 Å². The molecular formula is C20H26N4O. The number of hydrogen-bond acceptors (Lipinski definition) is 2. The topological polar surface area (TPSA) is 33.4 Å². The molecule has 1 amide bonds. The average Bonchev–Trinajstić information content (AvgIpc) is 3.12. The summed E-state index contributed by atoms with van der Waals surface area (Å²) in [5, 5.41) is 1.21. The van der Waals surface area contributed by atoms with Crippen LogP contribution < -0.4 is 0 Å². The van der Waals surface area contributed by atoms with Crippen LogP contribution in [0.5, 0.6) is 0 Å². The third-order valence-electron chi connectivity index (χ3n) is 5.42. The van der Waals surface area contributed by atoms with Crippen LogP contribution in [0.25, 0.3) is 21.9 Å². The standard InChI is InChI=1S/C20H26N4O/c1-14(2)24-18(20(25)23-11-9-21(3)10-12-23)13-17-19(24)15-7-5-6-8-16(15)22(17)4/h5-8,13-14H,9-12H2,1-4H3. The second kappa shape index (κ2) is 5.92. The fraction of sp³-hybridized carbons (Fsp3) is 0.450. The summed E-state index contributed by atoms with van der Waals surface area (Å²) in [5.41, 5.74) is 4.32. The number of likely N-dealkylation sites (N-methyl/N-ethyl adjacent to an activating group) is 1. The molecule has 0 atom stereocenters. The number of para-hydroxylation sites is 1. The van der Waals surface area contributed by atoms with Gasteiger partial charge in [0, 0.05) is 44.7 Å². The Balaban J connectivity index is 1.88. The van der Waals surface area contributed by atoms with E-state index in [1.54, 1.807) is 0 Å².